The standard InChI is InChI=1S/C6H5F6N/c1-2-3(13)4(5(7,8)9)6(10,11)12/h1,3-4H,13H2. The number of rotatable bonds is 1. The summed E-state index contributed by atoms with van der Waals surface area (Å²) in [4.78, 5) is 0. The molecule has 0 bridgehead atoms. The summed E-state index contributed by atoms with van der Waals surface area (Å²) in [5.74, 6) is -2.45. The second kappa shape index (κ2) is 3.46. The van der Waals surface area contributed by atoms with Crippen molar-refractivity contribution in [1.82, 2.24) is 0 Å². The number of alkyl halides is 6. The number of nitrogens with two attached hydrogens (primary N) is 1. The topological polar surface area (TPSA) is 26.0 Å². The summed E-state index contributed by atoms with van der Waals surface area (Å²) in [6.07, 6.45) is -6.55. The van der Waals surface area contributed by atoms with E-state index in [0.29, 0.717) is 0 Å². The fourth-order valence-electron chi connectivity index (χ4n) is 0.689. The maximum absolute atomic E-state index is 11.8. The normalized spacial score (nSPS) is 15.6. The lowest BCUT2D eigenvalue weighted by atomic mass is 10.0. The van der Waals surface area contributed by atoms with Crippen molar-refractivity contribution in [2.75, 3.05) is 0 Å². The van der Waals surface area contributed by atoms with Gasteiger partial charge < -0.3 is 5.73 Å². The van der Waals surface area contributed by atoms with Crippen LogP contribution in [0.25, 0.3) is 0 Å². The van der Waals surface area contributed by atoms with Gasteiger partial charge in [-0.3, -0.25) is 0 Å². The maximum Gasteiger partial charge on any atom is 0.402 e. The zero-order valence-corrected chi connectivity index (χ0v) is 6.08. The summed E-state index contributed by atoms with van der Waals surface area (Å²) < 4.78 is 70.5. The van der Waals surface area contributed by atoms with E-state index in [9.17, 15) is 26.3 Å². The van der Waals surface area contributed by atoms with Gasteiger partial charge in [-0.2, -0.15) is 26.3 Å². The highest BCUT2D eigenvalue weighted by molar-refractivity contribution is 5.04. The Morgan fingerprint density at radius 3 is 1.38 bits per heavy atom. The summed E-state index contributed by atoms with van der Waals surface area (Å²) >= 11 is 0. The van der Waals surface area contributed by atoms with E-state index < -0.39 is 24.3 Å². The van der Waals surface area contributed by atoms with Crippen LogP contribution >= 0.6 is 0 Å². The molecule has 0 saturated heterocycles. The van der Waals surface area contributed by atoms with Gasteiger partial charge in [-0.1, -0.05) is 5.92 Å². The average Bonchev–Trinajstić information content (AvgIpc) is 1.80. The van der Waals surface area contributed by atoms with Crippen LogP contribution in [0.3, 0.4) is 0 Å². The van der Waals surface area contributed by atoms with Gasteiger partial charge in [-0.15, -0.1) is 6.42 Å². The molecule has 1 unspecified atom stereocenters. The van der Waals surface area contributed by atoms with Gasteiger partial charge in [0.15, 0.2) is 5.92 Å². The number of hydrogen-bond acceptors (Lipinski definition) is 1. The molecule has 0 aliphatic rings. The molecule has 76 valence electrons. The molecule has 0 radical (unpaired) electrons. The van der Waals surface area contributed by atoms with E-state index in [2.05, 4.69) is 12.2 Å². The lowest BCUT2D eigenvalue weighted by Crippen LogP contribution is -2.48. The molecule has 0 amide bonds. The first-order valence-electron chi connectivity index (χ1n) is 2.96. The van der Waals surface area contributed by atoms with E-state index in [1.807, 2.05) is 0 Å². The van der Waals surface area contributed by atoms with Crippen LogP contribution in [0, 0.1) is 18.3 Å². The molecular weight excluding hydrogens is 200 g/mol. The third-order valence-electron chi connectivity index (χ3n) is 1.26. The molecule has 0 aliphatic heterocycles. The molecule has 0 heterocycles. The molecule has 0 aromatic rings. The van der Waals surface area contributed by atoms with Gasteiger partial charge in [0.1, 0.15) is 0 Å². The van der Waals surface area contributed by atoms with Crippen LogP contribution in [0.2, 0.25) is 0 Å². The smallest absolute Gasteiger partial charge is 0.317 e. The predicted octanol–water partition coefficient (Wildman–Crippen LogP) is 1.69. The van der Waals surface area contributed by atoms with E-state index in [4.69, 9.17) is 0 Å². The molecule has 2 N–H and O–H groups in total. The minimum absolute atomic E-state index is 1.22. The van der Waals surface area contributed by atoms with Gasteiger partial charge in [0.05, 0.1) is 6.04 Å². The first-order chi connectivity index (χ1) is 5.60. The van der Waals surface area contributed by atoms with Gasteiger partial charge in [0.2, 0.25) is 0 Å². The first kappa shape index (κ1) is 12.1. The minimum Gasteiger partial charge on any atom is -0.317 e. The molecule has 0 aromatic heterocycles. The lowest BCUT2D eigenvalue weighted by molar-refractivity contribution is -0.285. The van der Waals surface area contributed by atoms with Crippen molar-refractivity contribution < 1.29 is 26.3 Å². The van der Waals surface area contributed by atoms with Gasteiger partial charge >= 0.3 is 12.4 Å². The predicted molar refractivity (Wildman–Crippen MR) is 32.4 cm³/mol. The molecule has 13 heavy (non-hydrogen) atoms. The van der Waals surface area contributed by atoms with Crippen molar-refractivity contribution >= 4 is 0 Å². The van der Waals surface area contributed by atoms with Crippen LogP contribution in [0.15, 0.2) is 0 Å². The Balaban J connectivity index is 4.91. The molecule has 0 rings (SSSR count). The number of terminal acetylenes is 1. The summed E-state index contributed by atoms with van der Waals surface area (Å²) in [7, 11) is 0. The summed E-state index contributed by atoms with van der Waals surface area (Å²) in [6, 6.07) is -2.40. The van der Waals surface area contributed by atoms with Crippen molar-refractivity contribution in [1.29, 1.82) is 0 Å². The Hall–Kier alpha value is -0.900. The minimum atomic E-state index is -5.47. The Labute approximate surface area is 69.9 Å². The van der Waals surface area contributed by atoms with Crippen molar-refractivity contribution in [2.24, 2.45) is 11.7 Å². The first-order valence-corrected chi connectivity index (χ1v) is 2.96. The number of hydrogen-bond donors (Lipinski definition) is 1. The summed E-state index contributed by atoms with van der Waals surface area (Å²) in [5.41, 5.74) is 4.51. The van der Waals surface area contributed by atoms with Crippen LogP contribution < -0.4 is 5.73 Å². The Bertz CT molecular complexity index is 195. The van der Waals surface area contributed by atoms with Gasteiger partial charge in [-0.25, -0.2) is 0 Å². The van der Waals surface area contributed by atoms with E-state index >= 15 is 0 Å². The lowest BCUT2D eigenvalue weighted by Gasteiger charge is -2.24. The van der Waals surface area contributed by atoms with Crippen LogP contribution in [-0.4, -0.2) is 18.4 Å². The highest BCUT2D eigenvalue weighted by Crippen LogP contribution is 2.40. The zero-order valence-electron chi connectivity index (χ0n) is 6.08. The quantitative estimate of drug-likeness (QED) is 0.511. The largest absolute Gasteiger partial charge is 0.402 e. The third kappa shape index (κ3) is 3.14. The monoisotopic (exact) mass is 205 g/mol. The Morgan fingerprint density at radius 1 is 1.00 bits per heavy atom. The van der Waals surface area contributed by atoms with Crippen LogP contribution in [0.5, 0.6) is 0 Å². The van der Waals surface area contributed by atoms with E-state index in [1.54, 1.807) is 0 Å². The van der Waals surface area contributed by atoms with E-state index in [-0.39, 0.29) is 0 Å². The second-order valence-electron chi connectivity index (χ2n) is 2.25. The van der Waals surface area contributed by atoms with E-state index in [1.165, 1.54) is 5.92 Å². The number of halogens is 6. The molecule has 0 spiro atoms. The maximum atomic E-state index is 11.8. The Morgan fingerprint density at radius 2 is 1.31 bits per heavy atom. The van der Waals surface area contributed by atoms with Crippen LogP contribution in [0.1, 0.15) is 0 Å². The average molecular weight is 205 g/mol. The zero-order chi connectivity index (χ0) is 10.9. The van der Waals surface area contributed by atoms with Crippen molar-refractivity contribution in [3.8, 4) is 12.3 Å². The Kier molecular flexibility index (Phi) is 3.22. The third-order valence-corrected chi connectivity index (χ3v) is 1.26. The highest BCUT2D eigenvalue weighted by Gasteiger charge is 2.59. The van der Waals surface area contributed by atoms with Gasteiger partial charge in [0.25, 0.3) is 0 Å². The molecule has 0 saturated carbocycles. The van der Waals surface area contributed by atoms with Crippen molar-refractivity contribution in [3.05, 3.63) is 0 Å². The van der Waals surface area contributed by atoms with Crippen molar-refractivity contribution in [3.63, 3.8) is 0 Å². The van der Waals surface area contributed by atoms with Crippen molar-refractivity contribution in [2.45, 2.75) is 18.4 Å². The van der Waals surface area contributed by atoms with Crippen LogP contribution in [-0.2, 0) is 0 Å². The van der Waals surface area contributed by atoms with Gasteiger partial charge in [-0.05, 0) is 0 Å². The molecule has 1 atom stereocenters. The highest BCUT2D eigenvalue weighted by atomic mass is 19.4. The SMILES string of the molecule is C#CC(N)C(C(F)(F)F)C(F)(F)F. The molecule has 0 aromatic carbocycles. The summed E-state index contributed by atoms with van der Waals surface area (Å²) in [6.45, 7) is 0. The summed E-state index contributed by atoms with van der Waals surface area (Å²) in [5, 5.41) is 0. The van der Waals surface area contributed by atoms with E-state index in [0.717, 1.165) is 0 Å². The second-order valence-corrected chi connectivity index (χ2v) is 2.25. The molecule has 7 heteroatoms. The van der Waals surface area contributed by atoms with Crippen LogP contribution in [0.4, 0.5) is 26.3 Å². The van der Waals surface area contributed by atoms with Gasteiger partial charge in [0, 0.05) is 0 Å². The fraction of sp³-hybridized carbons (Fsp3) is 0.667. The molecular formula is C6H5F6N. The molecule has 0 fully saturated rings. The molecule has 0 aliphatic carbocycles. The molecule has 1 nitrogen and oxygen atoms in total. The fourth-order valence-corrected chi connectivity index (χ4v) is 0.689.